The molecule has 42 heavy (non-hydrogen) atoms. The lowest BCUT2D eigenvalue weighted by atomic mass is 9.73. The zero-order chi connectivity index (χ0) is 30.3. The van der Waals surface area contributed by atoms with Crippen LogP contribution in [0.4, 0.5) is 13.2 Å². The lowest BCUT2D eigenvalue weighted by Crippen LogP contribution is -2.51. The fourth-order valence-corrected chi connectivity index (χ4v) is 6.10. The molecule has 3 amide bonds. The number of alkyl halides is 3. The first-order valence-corrected chi connectivity index (χ1v) is 15.2. The van der Waals surface area contributed by atoms with Crippen molar-refractivity contribution in [3.05, 3.63) is 59.7 Å². The predicted molar refractivity (Wildman–Crippen MR) is 156 cm³/mol. The molecule has 3 atom stereocenters. The van der Waals surface area contributed by atoms with Crippen molar-refractivity contribution in [2.45, 2.75) is 89.9 Å². The van der Waals surface area contributed by atoms with E-state index in [1.165, 1.54) is 12.1 Å². The van der Waals surface area contributed by atoms with E-state index in [9.17, 15) is 27.6 Å². The van der Waals surface area contributed by atoms with Gasteiger partial charge < -0.3 is 16.0 Å². The van der Waals surface area contributed by atoms with Gasteiger partial charge in [0.05, 0.1) is 5.56 Å². The highest BCUT2D eigenvalue weighted by atomic mass is 19.4. The van der Waals surface area contributed by atoms with Crippen LogP contribution in [0.2, 0.25) is 0 Å². The fourth-order valence-electron chi connectivity index (χ4n) is 6.10. The summed E-state index contributed by atoms with van der Waals surface area (Å²) in [6.45, 7) is 2.91. The third-order valence-corrected chi connectivity index (χ3v) is 8.81. The molecule has 2 aromatic carbocycles. The van der Waals surface area contributed by atoms with Crippen LogP contribution < -0.4 is 11.1 Å². The number of nitrogens with one attached hydrogen (secondary N) is 1. The van der Waals surface area contributed by atoms with Crippen LogP contribution in [0.15, 0.2) is 48.5 Å². The Balaban J connectivity index is 1.46. The molecule has 1 saturated heterocycles. The summed E-state index contributed by atoms with van der Waals surface area (Å²) in [5, 5.41) is 3.01. The van der Waals surface area contributed by atoms with E-state index in [0.717, 1.165) is 68.2 Å². The van der Waals surface area contributed by atoms with Gasteiger partial charge in [-0.05, 0) is 72.9 Å². The molecule has 0 aromatic heterocycles. The van der Waals surface area contributed by atoms with Gasteiger partial charge in [-0.3, -0.25) is 14.4 Å². The van der Waals surface area contributed by atoms with Gasteiger partial charge in [0.25, 0.3) is 0 Å². The maximum atomic E-state index is 13.7. The second-order valence-corrected chi connectivity index (χ2v) is 11.9. The van der Waals surface area contributed by atoms with Crippen LogP contribution in [0.25, 0.3) is 11.1 Å². The SMILES string of the molecule is CCCC[C@H](C(N)=O)[C@@H](CC1CCC1)C(=O)N[C@H]1CCCCN(Cc2cccc(-c3ccc(C(F)(F)F)cc3)c2)C1=O. The first-order chi connectivity index (χ1) is 20.1. The number of benzene rings is 2. The third kappa shape index (κ3) is 8.13. The Morgan fingerprint density at radius 1 is 1.00 bits per heavy atom. The van der Waals surface area contributed by atoms with Gasteiger partial charge in [0.2, 0.25) is 17.7 Å². The topological polar surface area (TPSA) is 92.5 Å². The number of carbonyl (C=O) groups excluding carboxylic acids is 3. The van der Waals surface area contributed by atoms with Gasteiger partial charge in [0, 0.05) is 24.9 Å². The smallest absolute Gasteiger partial charge is 0.369 e. The molecule has 0 bridgehead atoms. The molecule has 0 spiro atoms. The lowest BCUT2D eigenvalue weighted by molar-refractivity contribution is -0.140. The molecular weight excluding hydrogens is 543 g/mol. The van der Waals surface area contributed by atoms with Crippen LogP contribution in [0, 0.1) is 17.8 Å². The summed E-state index contributed by atoms with van der Waals surface area (Å²) in [5.41, 5.74) is 7.35. The molecule has 4 rings (SSSR count). The summed E-state index contributed by atoms with van der Waals surface area (Å²) >= 11 is 0. The highest BCUT2D eigenvalue weighted by Gasteiger charge is 2.38. The van der Waals surface area contributed by atoms with E-state index in [2.05, 4.69) is 5.32 Å². The molecule has 0 radical (unpaired) electrons. The van der Waals surface area contributed by atoms with Crippen LogP contribution in [0.3, 0.4) is 0 Å². The molecule has 9 heteroatoms. The largest absolute Gasteiger partial charge is 0.416 e. The Morgan fingerprint density at radius 3 is 2.36 bits per heavy atom. The fraction of sp³-hybridized carbons (Fsp3) is 0.545. The first-order valence-electron chi connectivity index (χ1n) is 15.2. The summed E-state index contributed by atoms with van der Waals surface area (Å²) in [5.74, 6) is -1.55. The molecule has 0 unspecified atom stereocenters. The van der Waals surface area contributed by atoms with Crippen molar-refractivity contribution >= 4 is 17.7 Å². The molecule has 6 nitrogen and oxygen atoms in total. The molecule has 1 saturated carbocycles. The van der Waals surface area contributed by atoms with Gasteiger partial charge in [0.15, 0.2) is 0 Å². The highest BCUT2D eigenvalue weighted by molar-refractivity contribution is 5.91. The first kappa shape index (κ1) is 31.6. The Kier molecular flexibility index (Phi) is 10.7. The molecule has 1 aliphatic heterocycles. The van der Waals surface area contributed by atoms with E-state index < -0.39 is 35.5 Å². The Labute approximate surface area is 246 Å². The Morgan fingerprint density at radius 2 is 1.74 bits per heavy atom. The molecule has 3 N–H and O–H groups in total. The van der Waals surface area contributed by atoms with Crippen LogP contribution in [0.5, 0.6) is 0 Å². The van der Waals surface area contributed by atoms with E-state index in [-0.39, 0.29) is 11.8 Å². The number of primary amides is 1. The van der Waals surface area contributed by atoms with Gasteiger partial charge in [-0.2, -0.15) is 13.2 Å². The highest BCUT2D eigenvalue weighted by Crippen LogP contribution is 2.36. The van der Waals surface area contributed by atoms with Crippen molar-refractivity contribution in [1.29, 1.82) is 0 Å². The summed E-state index contributed by atoms with van der Waals surface area (Å²) in [6, 6.07) is 11.8. The quantitative estimate of drug-likeness (QED) is 0.299. The zero-order valence-corrected chi connectivity index (χ0v) is 24.3. The predicted octanol–water partition coefficient (Wildman–Crippen LogP) is 6.47. The van der Waals surface area contributed by atoms with Crippen molar-refractivity contribution in [1.82, 2.24) is 10.2 Å². The Hall–Kier alpha value is -3.36. The van der Waals surface area contributed by atoms with E-state index >= 15 is 0 Å². The van der Waals surface area contributed by atoms with Crippen molar-refractivity contribution < 1.29 is 27.6 Å². The van der Waals surface area contributed by atoms with Crippen LogP contribution in [-0.2, 0) is 27.1 Å². The van der Waals surface area contributed by atoms with E-state index in [1.807, 2.05) is 31.2 Å². The number of hydrogen-bond acceptors (Lipinski definition) is 3. The Bertz CT molecular complexity index is 1230. The van der Waals surface area contributed by atoms with Crippen molar-refractivity contribution in [3.63, 3.8) is 0 Å². The minimum absolute atomic E-state index is 0.160. The number of carbonyl (C=O) groups is 3. The minimum atomic E-state index is -4.40. The number of halogens is 3. The number of hydrogen-bond donors (Lipinski definition) is 2. The van der Waals surface area contributed by atoms with Gasteiger partial charge in [-0.1, -0.05) is 69.4 Å². The van der Waals surface area contributed by atoms with E-state index in [4.69, 9.17) is 5.73 Å². The van der Waals surface area contributed by atoms with Crippen LogP contribution in [-0.4, -0.2) is 35.2 Å². The maximum absolute atomic E-state index is 13.7. The molecule has 2 aromatic rings. The van der Waals surface area contributed by atoms with Crippen molar-refractivity contribution in [3.8, 4) is 11.1 Å². The third-order valence-electron chi connectivity index (χ3n) is 8.81. The van der Waals surface area contributed by atoms with Gasteiger partial charge >= 0.3 is 6.18 Å². The average Bonchev–Trinajstić information content (AvgIpc) is 3.10. The van der Waals surface area contributed by atoms with Gasteiger partial charge in [0.1, 0.15) is 6.04 Å². The van der Waals surface area contributed by atoms with Crippen LogP contribution >= 0.6 is 0 Å². The monoisotopic (exact) mass is 585 g/mol. The van der Waals surface area contributed by atoms with Gasteiger partial charge in [-0.25, -0.2) is 0 Å². The maximum Gasteiger partial charge on any atom is 0.416 e. The summed E-state index contributed by atoms with van der Waals surface area (Å²) < 4.78 is 39.0. The van der Waals surface area contributed by atoms with Gasteiger partial charge in [-0.15, -0.1) is 0 Å². The van der Waals surface area contributed by atoms with Crippen molar-refractivity contribution in [2.75, 3.05) is 6.54 Å². The molecule has 1 heterocycles. The molecule has 228 valence electrons. The number of nitrogens with zero attached hydrogens (tertiary/aromatic N) is 1. The standard InChI is InChI=1S/C33H42F3N3O3/c1-2-3-12-27(30(37)40)28(20-22-8-6-9-22)31(41)38-29-13-4-5-18-39(32(29)42)21-23-10-7-11-25(19-23)24-14-16-26(17-15-24)33(34,35)36/h7,10-11,14-17,19,22,27-29H,2-6,8-9,12-13,18,20-21H2,1H3,(H2,37,40)(H,38,41)/t27-,28+,29-/m0/s1. The summed E-state index contributed by atoms with van der Waals surface area (Å²) in [4.78, 5) is 41.5. The number of nitrogens with two attached hydrogens (primary N) is 1. The minimum Gasteiger partial charge on any atom is -0.369 e. The lowest BCUT2D eigenvalue weighted by Gasteiger charge is -2.33. The molecule has 2 aliphatic rings. The number of unbranched alkanes of at least 4 members (excludes halogenated alkanes) is 1. The van der Waals surface area contributed by atoms with E-state index in [1.54, 1.807) is 4.90 Å². The second kappa shape index (κ2) is 14.2. The average molecular weight is 586 g/mol. The van der Waals surface area contributed by atoms with E-state index in [0.29, 0.717) is 43.8 Å². The van der Waals surface area contributed by atoms with Crippen molar-refractivity contribution in [2.24, 2.45) is 23.5 Å². The zero-order valence-electron chi connectivity index (χ0n) is 24.3. The second-order valence-electron chi connectivity index (χ2n) is 11.9. The number of amides is 3. The number of rotatable bonds is 12. The van der Waals surface area contributed by atoms with Crippen LogP contribution in [0.1, 0.15) is 82.3 Å². The number of likely N-dealkylation sites (tertiary alicyclic amines) is 1. The summed E-state index contributed by atoms with van der Waals surface area (Å²) in [7, 11) is 0. The normalized spacial score (nSPS) is 19.5. The molecular formula is C33H42F3N3O3. The molecule has 1 aliphatic carbocycles. The molecule has 2 fully saturated rings. The summed E-state index contributed by atoms with van der Waals surface area (Å²) in [6.07, 6.45) is 3.82.